The molecule has 0 radical (unpaired) electrons. The molecule has 4 unspecified atom stereocenters. The molecule has 1 saturated carbocycles. The van der Waals surface area contributed by atoms with E-state index in [0.29, 0.717) is 6.61 Å². The predicted molar refractivity (Wildman–Crippen MR) is 73.9 cm³/mol. The second kappa shape index (κ2) is 4.80. The maximum absolute atomic E-state index is 12.4. The first-order valence-electron chi connectivity index (χ1n) is 6.67. The van der Waals surface area contributed by atoms with Crippen LogP contribution in [0.3, 0.4) is 0 Å². The third kappa shape index (κ3) is 2.26. The number of nitrogens with two attached hydrogens (primary N) is 2. The minimum atomic E-state index is -3.77. The normalized spacial score (nSPS) is 31.7. The van der Waals surface area contributed by atoms with Crippen LogP contribution in [0.1, 0.15) is 16.9 Å². The second-order valence-electron chi connectivity index (χ2n) is 5.55. The van der Waals surface area contributed by atoms with E-state index in [1.54, 1.807) is 7.05 Å². The van der Waals surface area contributed by atoms with Crippen molar-refractivity contribution < 1.29 is 17.9 Å². The number of amides is 1. The summed E-state index contributed by atoms with van der Waals surface area (Å²) in [5, 5.41) is 0. The van der Waals surface area contributed by atoms with Crippen molar-refractivity contribution in [1.29, 1.82) is 0 Å². The number of nitrogens with one attached hydrogen (secondary N) is 1. The Kier molecular flexibility index (Phi) is 3.32. The van der Waals surface area contributed by atoms with Gasteiger partial charge in [-0.3, -0.25) is 4.79 Å². The summed E-state index contributed by atoms with van der Waals surface area (Å²) in [6.45, 7) is 0.610. The Bertz CT molecular complexity index is 683. The lowest BCUT2D eigenvalue weighted by Gasteiger charge is -2.45. The Morgan fingerprint density at radius 1 is 1.52 bits per heavy atom. The first kappa shape index (κ1) is 14.5. The van der Waals surface area contributed by atoms with Gasteiger partial charge in [0, 0.05) is 31.8 Å². The van der Waals surface area contributed by atoms with E-state index in [9.17, 15) is 13.2 Å². The van der Waals surface area contributed by atoms with E-state index in [4.69, 9.17) is 16.2 Å². The summed E-state index contributed by atoms with van der Waals surface area (Å²) in [7, 11) is -2.21. The Hall–Kier alpha value is -1.42. The van der Waals surface area contributed by atoms with Gasteiger partial charge >= 0.3 is 0 Å². The van der Waals surface area contributed by atoms with Crippen LogP contribution in [0, 0.1) is 5.92 Å². The van der Waals surface area contributed by atoms with Crippen molar-refractivity contribution >= 4 is 15.9 Å². The van der Waals surface area contributed by atoms with Crippen LogP contribution in [-0.2, 0) is 21.8 Å². The van der Waals surface area contributed by atoms with Crippen molar-refractivity contribution in [3.63, 3.8) is 0 Å². The highest BCUT2D eigenvalue weighted by atomic mass is 32.2. The van der Waals surface area contributed by atoms with Crippen LogP contribution < -0.4 is 16.2 Å². The molecule has 1 aliphatic carbocycles. The Morgan fingerprint density at radius 2 is 2.24 bits per heavy atom. The maximum atomic E-state index is 12.4. The number of primary amides is 1. The summed E-state index contributed by atoms with van der Waals surface area (Å²) in [4.78, 5) is 11.2. The van der Waals surface area contributed by atoms with Gasteiger partial charge in [0.05, 0.1) is 12.1 Å². The smallest absolute Gasteiger partial charge is 0.265 e. The van der Waals surface area contributed by atoms with Gasteiger partial charge in [-0.2, -0.15) is 0 Å². The topological polar surface area (TPSA) is 129 Å². The van der Waals surface area contributed by atoms with Crippen molar-refractivity contribution in [2.75, 3.05) is 6.61 Å². The molecule has 2 heterocycles. The lowest BCUT2D eigenvalue weighted by Crippen LogP contribution is -2.68. The highest BCUT2D eigenvalue weighted by Crippen LogP contribution is 2.38. The third-order valence-corrected chi connectivity index (χ3v) is 5.71. The Morgan fingerprint density at radius 3 is 2.86 bits per heavy atom. The molecule has 1 amide bonds. The van der Waals surface area contributed by atoms with E-state index >= 15 is 0 Å². The minimum Gasteiger partial charge on any atom is -0.376 e. The molecule has 8 nitrogen and oxygen atoms in total. The van der Waals surface area contributed by atoms with Crippen molar-refractivity contribution in [1.82, 2.24) is 9.29 Å². The molecule has 3 rings (SSSR count). The van der Waals surface area contributed by atoms with Crippen molar-refractivity contribution in [2.45, 2.75) is 29.5 Å². The number of rotatable bonds is 4. The summed E-state index contributed by atoms with van der Waals surface area (Å²) in [6.07, 6.45) is 2.05. The van der Waals surface area contributed by atoms with E-state index in [-0.39, 0.29) is 28.7 Å². The largest absolute Gasteiger partial charge is 0.376 e. The van der Waals surface area contributed by atoms with E-state index in [0.717, 1.165) is 6.42 Å². The zero-order valence-corrected chi connectivity index (χ0v) is 12.3. The van der Waals surface area contributed by atoms with Gasteiger partial charge in [-0.15, -0.1) is 0 Å². The molecular weight excluding hydrogens is 296 g/mol. The number of nitrogens with zero attached hydrogens (tertiary/aromatic N) is 1. The number of carbonyl (C=O) groups is 1. The standard InChI is InChI=1S/C12H18N4O4S/c1-16-5-6(4-8(16)12(14)17)21(18,19)15-10-9(13)7-2-3-20-11(7)10/h4-5,7,9-11,15H,2-3,13H2,1H3,(H2,14,17). The molecule has 9 heteroatoms. The van der Waals surface area contributed by atoms with Gasteiger partial charge in [-0.1, -0.05) is 0 Å². The van der Waals surface area contributed by atoms with Crippen LogP contribution >= 0.6 is 0 Å². The van der Waals surface area contributed by atoms with Gasteiger partial charge in [0.15, 0.2) is 0 Å². The summed E-state index contributed by atoms with van der Waals surface area (Å²) in [5.74, 6) is -0.465. The fraction of sp³-hybridized carbons (Fsp3) is 0.583. The maximum Gasteiger partial charge on any atom is 0.265 e. The molecule has 4 atom stereocenters. The molecule has 2 fully saturated rings. The SMILES string of the molecule is Cn1cc(S(=O)(=O)NC2C(N)C3CCOC32)cc1C(N)=O. The number of aromatic nitrogens is 1. The summed E-state index contributed by atoms with van der Waals surface area (Å²) >= 11 is 0. The lowest BCUT2D eigenvalue weighted by molar-refractivity contribution is -0.00924. The predicted octanol–water partition coefficient (Wildman–Crippen LogP) is -1.48. The Balaban J connectivity index is 1.81. The molecule has 1 aliphatic heterocycles. The highest BCUT2D eigenvalue weighted by Gasteiger charge is 2.53. The van der Waals surface area contributed by atoms with Crippen molar-refractivity contribution in [3.05, 3.63) is 18.0 Å². The first-order chi connectivity index (χ1) is 9.81. The van der Waals surface area contributed by atoms with E-state index < -0.39 is 22.0 Å². The number of ether oxygens (including phenoxy) is 1. The minimum absolute atomic E-state index is 0.00699. The third-order valence-electron chi connectivity index (χ3n) is 4.28. The van der Waals surface area contributed by atoms with Gasteiger partial charge < -0.3 is 20.8 Å². The highest BCUT2D eigenvalue weighted by molar-refractivity contribution is 7.89. The van der Waals surface area contributed by atoms with Crippen LogP contribution in [-0.4, -0.2) is 43.7 Å². The Labute approximate surface area is 122 Å². The molecule has 2 aliphatic rings. The molecule has 0 spiro atoms. The number of aryl methyl sites for hydroxylation is 1. The second-order valence-corrected chi connectivity index (χ2v) is 7.26. The molecule has 1 aromatic heterocycles. The van der Waals surface area contributed by atoms with Gasteiger partial charge in [-0.05, 0) is 12.5 Å². The van der Waals surface area contributed by atoms with Crippen LogP contribution in [0.15, 0.2) is 17.2 Å². The molecule has 21 heavy (non-hydrogen) atoms. The lowest BCUT2D eigenvalue weighted by atomic mass is 9.73. The monoisotopic (exact) mass is 314 g/mol. The van der Waals surface area contributed by atoms with Gasteiger partial charge in [0.2, 0.25) is 10.0 Å². The average Bonchev–Trinajstić information content (AvgIpc) is 3.00. The van der Waals surface area contributed by atoms with Gasteiger partial charge in [-0.25, -0.2) is 13.1 Å². The van der Waals surface area contributed by atoms with E-state index in [1.165, 1.54) is 16.8 Å². The summed E-state index contributed by atoms with van der Waals surface area (Å²) in [6, 6.07) is 0.577. The zero-order valence-electron chi connectivity index (χ0n) is 11.5. The molecule has 0 aromatic carbocycles. The molecular formula is C12H18N4O4S. The average molecular weight is 314 g/mol. The van der Waals surface area contributed by atoms with Crippen LogP contribution in [0.5, 0.6) is 0 Å². The van der Waals surface area contributed by atoms with E-state index in [2.05, 4.69) is 4.72 Å². The number of fused-ring (bicyclic) bond motifs is 1. The number of hydrogen-bond donors (Lipinski definition) is 3. The molecule has 1 saturated heterocycles. The van der Waals surface area contributed by atoms with Crippen molar-refractivity contribution in [3.8, 4) is 0 Å². The molecule has 0 bridgehead atoms. The van der Waals surface area contributed by atoms with Gasteiger partial charge in [0.25, 0.3) is 5.91 Å². The fourth-order valence-corrected chi connectivity index (χ4v) is 4.42. The summed E-state index contributed by atoms with van der Waals surface area (Å²) in [5.41, 5.74) is 11.3. The van der Waals surface area contributed by atoms with Crippen LogP contribution in [0.2, 0.25) is 0 Å². The van der Waals surface area contributed by atoms with E-state index in [1.807, 2.05) is 0 Å². The zero-order chi connectivity index (χ0) is 15.4. The number of sulfonamides is 1. The number of hydrogen-bond acceptors (Lipinski definition) is 5. The first-order valence-corrected chi connectivity index (χ1v) is 8.15. The van der Waals surface area contributed by atoms with Crippen LogP contribution in [0.25, 0.3) is 0 Å². The molecule has 116 valence electrons. The molecule has 1 aromatic rings. The fourth-order valence-electron chi connectivity index (χ4n) is 3.07. The quantitative estimate of drug-likeness (QED) is 0.624. The van der Waals surface area contributed by atoms with Crippen molar-refractivity contribution in [2.24, 2.45) is 24.4 Å². The summed E-state index contributed by atoms with van der Waals surface area (Å²) < 4.78 is 34.2. The van der Waals surface area contributed by atoms with Gasteiger partial charge in [0.1, 0.15) is 10.6 Å². The number of carbonyl (C=O) groups excluding carboxylic acids is 1. The van der Waals surface area contributed by atoms with Crippen LogP contribution in [0.4, 0.5) is 0 Å². The molecule has 5 N–H and O–H groups in total.